The van der Waals surface area contributed by atoms with Gasteiger partial charge in [-0.2, -0.15) is 0 Å². The van der Waals surface area contributed by atoms with Gasteiger partial charge in [0, 0.05) is 4.90 Å². The zero-order valence-corrected chi connectivity index (χ0v) is 8.17. The van der Waals surface area contributed by atoms with Crippen molar-refractivity contribution in [1.29, 1.82) is 0 Å². The van der Waals surface area contributed by atoms with Gasteiger partial charge in [-0.3, -0.25) is 4.79 Å². The Bertz CT molecular complexity index is 386. The van der Waals surface area contributed by atoms with Gasteiger partial charge in [0.15, 0.2) is 0 Å². The van der Waals surface area contributed by atoms with E-state index in [9.17, 15) is 14.7 Å². The van der Waals surface area contributed by atoms with Gasteiger partial charge >= 0.3 is 5.97 Å². The summed E-state index contributed by atoms with van der Waals surface area (Å²) in [6.45, 7) is 0. The lowest BCUT2D eigenvalue weighted by Gasteiger charge is -2.02. The van der Waals surface area contributed by atoms with Gasteiger partial charge in [-0.15, -0.1) is 11.8 Å². The Morgan fingerprint density at radius 2 is 2.00 bits per heavy atom. The minimum absolute atomic E-state index is 0.177. The zero-order chi connectivity index (χ0) is 10.7. The highest BCUT2D eigenvalue weighted by atomic mass is 32.2. The van der Waals surface area contributed by atoms with E-state index in [1.165, 1.54) is 23.9 Å². The molecule has 1 rings (SSSR count). The first-order valence-electron chi connectivity index (χ1n) is 3.71. The molecular weight excluding hydrogens is 204 g/mol. The summed E-state index contributed by atoms with van der Waals surface area (Å²) in [4.78, 5) is 22.2. The maximum Gasteiger partial charge on any atom is 0.377 e. The van der Waals surface area contributed by atoms with Crippen LogP contribution in [0.25, 0.3) is 0 Å². The highest BCUT2D eigenvalue weighted by Crippen LogP contribution is 2.24. The summed E-state index contributed by atoms with van der Waals surface area (Å²) in [6.07, 6.45) is 1.79. The Hall–Kier alpha value is -1.49. The van der Waals surface area contributed by atoms with Crippen molar-refractivity contribution in [2.45, 2.75) is 4.90 Å². The number of benzene rings is 1. The SMILES string of the molecule is CSc1ccc(O)c(C(=O)C(=O)O)c1. The van der Waals surface area contributed by atoms with E-state index in [0.29, 0.717) is 0 Å². The number of thioether (sulfide) groups is 1. The topological polar surface area (TPSA) is 74.6 Å². The second kappa shape index (κ2) is 4.15. The smallest absolute Gasteiger partial charge is 0.377 e. The van der Waals surface area contributed by atoms with Crippen LogP contribution in [0, 0.1) is 0 Å². The van der Waals surface area contributed by atoms with Crippen LogP contribution in [-0.4, -0.2) is 28.2 Å². The van der Waals surface area contributed by atoms with Crippen LogP contribution in [0.4, 0.5) is 0 Å². The molecule has 0 saturated carbocycles. The van der Waals surface area contributed by atoms with Crippen molar-refractivity contribution in [1.82, 2.24) is 0 Å². The number of carbonyl (C=O) groups is 2. The number of Topliss-reactive ketones (excluding diaryl/α,β-unsaturated/α-hetero) is 1. The fourth-order valence-corrected chi connectivity index (χ4v) is 1.38. The number of carboxylic acid groups (broad SMARTS) is 1. The molecule has 0 aliphatic carbocycles. The summed E-state index contributed by atoms with van der Waals surface area (Å²) < 4.78 is 0. The Morgan fingerprint density at radius 3 is 2.50 bits per heavy atom. The van der Waals surface area contributed by atoms with Crippen molar-refractivity contribution >= 4 is 23.5 Å². The van der Waals surface area contributed by atoms with Gasteiger partial charge in [0.05, 0.1) is 5.56 Å². The number of rotatable bonds is 3. The fourth-order valence-electron chi connectivity index (χ4n) is 0.939. The lowest BCUT2D eigenvalue weighted by atomic mass is 10.1. The van der Waals surface area contributed by atoms with Crippen LogP contribution in [0.3, 0.4) is 0 Å². The van der Waals surface area contributed by atoms with E-state index in [4.69, 9.17) is 5.11 Å². The molecule has 0 aliphatic rings. The minimum Gasteiger partial charge on any atom is -0.507 e. The summed E-state index contributed by atoms with van der Waals surface area (Å²) in [5, 5.41) is 17.7. The maximum absolute atomic E-state index is 11.1. The number of carbonyl (C=O) groups excluding carboxylic acids is 1. The number of aromatic hydroxyl groups is 1. The monoisotopic (exact) mass is 212 g/mol. The quantitative estimate of drug-likeness (QED) is 0.450. The Kier molecular flexibility index (Phi) is 3.14. The molecule has 0 amide bonds. The van der Waals surface area contributed by atoms with E-state index in [-0.39, 0.29) is 11.3 Å². The van der Waals surface area contributed by atoms with Crippen LogP contribution < -0.4 is 0 Å². The van der Waals surface area contributed by atoms with Crippen molar-refractivity contribution in [2.24, 2.45) is 0 Å². The summed E-state index contributed by atoms with van der Waals surface area (Å²) in [5.41, 5.74) is -0.177. The molecule has 0 aromatic heterocycles. The average molecular weight is 212 g/mol. The summed E-state index contributed by atoms with van der Waals surface area (Å²) >= 11 is 1.36. The average Bonchev–Trinajstić information content (AvgIpc) is 2.17. The number of hydrogen-bond donors (Lipinski definition) is 2. The van der Waals surface area contributed by atoms with Crippen molar-refractivity contribution < 1.29 is 19.8 Å². The molecule has 5 heteroatoms. The molecule has 0 heterocycles. The Labute approximate surface area is 84.6 Å². The lowest BCUT2D eigenvalue weighted by Crippen LogP contribution is -2.12. The molecular formula is C9H8O4S. The van der Waals surface area contributed by atoms with Crippen LogP contribution in [0.1, 0.15) is 10.4 Å². The summed E-state index contributed by atoms with van der Waals surface area (Å²) in [5.74, 6) is -2.98. The third-order valence-corrected chi connectivity index (χ3v) is 2.37. The first-order valence-corrected chi connectivity index (χ1v) is 4.93. The highest BCUT2D eigenvalue weighted by Gasteiger charge is 2.18. The Balaban J connectivity index is 3.19. The normalized spacial score (nSPS) is 9.79. The standard InChI is InChI=1S/C9H8O4S/c1-14-5-2-3-7(10)6(4-5)8(11)9(12)13/h2-4,10H,1H3,(H,12,13). The van der Waals surface area contributed by atoms with Gasteiger partial charge < -0.3 is 10.2 Å². The molecule has 0 bridgehead atoms. The third kappa shape index (κ3) is 2.05. The fraction of sp³-hybridized carbons (Fsp3) is 0.111. The number of carboxylic acids is 1. The number of aliphatic carboxylic acids is 1. The lowest BCUT2D eigenvalue weighted by molar-refractivity contribution is -0.131. The predicted octanol–water partition coefficient (Wildman–Crippen LogP) is 1.38. The van der Waals surface area contributed by atoms with Gasteiger partial charge in [0.1, 0.15) is 5.75 Å². The van der Waals surface area contributed by atoms with E-state index in [0.717, 1.165) is 4.90 Å². The molecule has 74 valence electrons. The van der Waals surface area contributed by atoms with Crippen LogP contribution in [0.5, 0.6) is 5.75 Å². The number of phenols is 1. The van der Waals surface area contributed by atoms with Crippen LogP contribution in [-0.2, 0) is 4.79 Å². The van der Waals surface area contributed by atoms with E-state index in [1.54, 1.807) is 12.3 Å². The molecule has 0 atom stereocenters. The van der Waals surface area contributed by atoms with Gasteiger partial charge in [-0.1, -0.05) is 0 Å². The Morgan fingerprint density at radius 1 is 1.36 bits per heavy atom. The molecule has 0 unspecified atom stereocenters. The summed E-state index contributed by atoms with van der Waals surface area (Å²) in [7, 11) is 0. The molecule has 2 N–H and O–H groups in total. The number of ketones is 1. The number of hydrogen-bond acceptors (Lipinski definition) is 4. The molecule has 1 aromatic carbocycles. The van der Waals surface area contributed by atoms with Crippen molar-refractivity contribution in [3.05, 3.63) is 23.8 Å². The van der Waals surface area contributed by atoms with Crippen molar-refractivity contribution in [3.63, 3.8) is 0 Å². The molecule has 4 nitrogen and oxygen atoms in total. The van der Waals surface area contributed by atoms with Crippen LogP contribution in [0.2, 0.25) is 0 Å². The molecule has 1 aromatic rings. The zero-order valence-electron chi connectivity index (χ0n) is 7.35. The third-order valence-electron chi connectivity index (χ3n) is 1.64. The first kappa shape index (κ1) is 10.6. The molecule has 0 fully saturated rings. The van der Waals surface area contributed by atoms with E-state index < -0.39 is 11.8 Å². The largest absolute Gasteiger partial charge is 0.507 e. The van der Waals surface area contributed by atoms with Crippen LogP contribution >= 0.6 is 11.8 Å². The first-order chi connectivity index (χ1) is 6.56. The molecule has 0 saturated heterocycles. The maximum atomic E-state index is 11.1. The van der Waals surface area contributed by atoms with Crippen LogP contribution in [0.15, 0.2) is 23.1 Å². The van der Waals surface area contributed by atoms with Gasteiger partial charge in [-0.25, -0.2) is 4.79 Å². The number of phenolic OH excluding ortho intramolecular Hbond substituents is 1. The van der Waals surface area contributed by atoms with E-state index in [1.807, 2.05) is 0 Å². The van der Waals surface area contributed by atoms with E-state index in [2.05, 4.69) is 0 Å². The molecule has 0 aliphatic heterocycles. The summed E-state index contributed by atoms with van der Waals surface area (Å²) in [6, 6.07) is 4.27. The highest BCUT2D eigenvalue weighted by molar-refractivity contribution is 7.98. The van der Waals surface area contributed by atoms with Crippen molar-refractivity contribution in [3.8, 4) is 5.75 Å². The predicted molar refractivity (Wildman–Crippen MR) is 51.9 cm³/mol. The molecule has 0 radical (unpaired) electrons. The molecule has 14 heavy (non-hydrogen) atoms. The second-order valence-corrected chi connectivity index (χ2v) is 3.40. The molecule has 0 spiro atoms. The van der Waals surface area contributed by atoms with Gasteiger partial charge in [0.25, 0.3) is 5.78 Å². The van der Waals surface area contributed by atoms with Gasteiger partial charge in [-0.05, 0) is 24.5 Å². The van der Waals surface area contributed by atoms with Crippen molar-refractivity contribution in [2.75, 3.05) is 6.26 Å². The van der Waals surface area contributed by atoms with E-state index >= 15 is 0 Å². The van der Waals surface area contributed by atoms with Gasteiger partial charge in [0.2, 0.25) is 0 Å². The second-order valence-electron chi connectivity index (χ2n) is 2.52. The minimum atomic E-state index is -1.57.